The number of carbonyl (C=O) groups is 1. The van der Waals surface area contributed by atoms with Crippen molar-refractivity contribution in [3.63, 3.8) is 0 Å². The van der Waals surface area contributed by atoms with E-state index in [0.717, 1.165) is 42.0 Å². The van der Waals surface area contributed by atoms with Crippen LogP contribution in [0.15, 0.2) is 30.5 Å². The molecular weight excluding hydrogens is 310 g/mol. The second-order valence-electron chi connectivity index (χ2n) is 4.77. The Hall–Kier alpha value is -1.79. The molecule has 1 N–H and O–H groups in total. The Morgan fingerprint density at radius 2 is 1.95 bits per heavy atom. The summed E-state index contributed by atoms with van der Waals surface area (Å²) in [5.74, 6) is -0.920. The minimum Gasteiger partial charge on any atom is -0.477 e. The van der Waals surface area contributed by atoms with Crippen LogP contribution in [0.2, 0.25) is 5.02 Å². The smallest absolute Gasteiger partial charge is 0.347 e. The Kier molecular flexibility index (Phi) is 3.98. The fourth-order valence-corrected chi connectivity index (χ4v) is 3.33. The van der Waals surface area contributed by atoms with Gasteiger partial charge >= 0.3 is 5.97 Å². The van der Waals surface area contributed by atoms with E-state index in [1.807, 2.05) is 24.3 Å². The first-order valence-corrected chi connectivity index (χ1v) is 7.77. The molecule has 2 heterocycles. The summed E-state index contributed by atoms with van der Waals surface area (Å²) in [6.07, 6.45) is 1.42. The van der Waals surface area contributed by atoms with E-state index in [0.29, 0.717) is 0 Å². The molecule has 110 valence electrons. The van der Waals surface area contributed by atoms with Crippen LogP contribution in [-0.2, 0) is 0 Å². The van der Waals surface area contributed by atoms with Crippen LogP contribution in [-0.4, -0.2) is 42.2 Å². The van der Waals surface area contributed by atoms with Crippen LogP contribution in [0.3, 0.4) is 0 Å². The quantitative estimate of drug-likeness (QED) is 0.941. The van der Waals surface area contributed by atoms with Gasteiger partial charge in [0.25, 0.3) is 0 Å². The normalized spacial score (nSPS) is 15.3. The molecular formula is C14H14ClN3O2S. The van der Waals surface area contributed by atoms with E-state index in [1.165, 1.54) is 17.5 Å². The lowest BCUT2D eigenvalue weighted by molar-refractivity contribution is 0.0702. The van der Waals surface area contributed by atoms with Gasteiger partial charge in [-0.1, -0.05) is 29.0 Å². The van der Waals surface area contributed by atoms with Gasteiger partial charge in [-0.2, -0.15) is 0 Å². The summed E-state index contributed by atoms with van der Waals surface area (Å²) in [5, 5.41) is 10.5. The highest BCUT2D eigenvalue weighted by Gasteiger charge is 2.20. The van der Waals surface area contributed by atoms with E-state index in [1.54, 1.807) is 0 Å². The zero-order valence-electron chi connectivity index (χ0n) is 11.2. The van der Waals surface area contributed by atoms with Gasteiger partial charge in [0, 0.05) is 36.9 Å². The molecule has 0 aliphatic carbocycles. The van der Waals surface area contributed by atoms with Gasteiger partial charge in [-0.15, -0.1) is 0 Å². The van der Waals surface area contributed by atoms with Gasteiger partial charge in [0.1, 0.15) is 4.88 Å². The maximum atomic E-state index is 10.9. The average Bonchev–Trinajstić information content (AvgIpc) is 2.97. The number of aromatic nitrogens is 1. The minimum absolute atomic E-state index is 0.280. The predicted molar refractivity (Wildman–Crippen MR) is 85.0 cm³/mol. The number of rotatable bonds is 3. The van der Waals surface area contributed by atoms with Crippen LogP contribution in [0.5, 0.6) is 0 Å². The third kappa shape index (κ3) is 3.11. The molecule has 1 fully saturated rings. The van der Waals surface area contributed by atoms with E-state index >= 15 is 0 Å². The highest BCUT2D eigenvalue weighted by Crippen LogP contribution is 2.26. The van der Waals surface area contributed by atoms with Crippen molar-refractivity contribution in [2.24, 2.45) is 0 Å². The summed E-state index contributed by atoms with van der Waals surface area (Å²) in [7, 11) is 0. The van der Waals surface area contributed by atoms with Gasteiger partial charge in [-0.25, -0.2) is 9.78 Å². The first-order chi connectivity index (χ1) is 10.1. The van der Waals surface area contributed by atoms with E-state index < -0.39 is 5.97 Å². The van der Waals surface area contributed by atoms with Crippen molar-refractivity contribution in [2.75, 3.05) is 36.0 Å². The second kappa shape index (κ2) is 5.91. The van der Waals surface area contributed by atoms with E-state index in [-0.39, 0.29) is 4.88 Å². The van der Waals surface area contributed by atoms with Gasteiger partial charge in [0.15, 0.2) is 5.13 Å². The summed E-state index contributed by atoms with van der Waals surface area (Å²) in [5.41, 5.74) is 1.12. The van der Waals surface area contributed by atoms with E-state index in [2.05, 4.69) is 14.8 Å². The fourth-order valence-electron chi connectivity index (χ4n) is 2.34. The summed E-state index contributed by atoms with van der Waals surface area (Å²) in [6.45, 7) is 3.36. The summed E-state index contributed by atoms with van der Waals surface area (Å²) >= 11 is 7.24. The average molecular weight is 324 g/mol. The van der Waals surface area contributed by atoms with Crippen molar-refractivity contribution in [3.8, 4) is 0 Å². The molecule has 7 heteroatoms. The molecule has 0 radical (unpaired) electrons. The Morgan fingerprint density at radius 3 is 2.57 bits per heavy atom. The molecule has 1 aliphatic rings. The number of anilines is 2. The molecule has 2 aromatic rings. The maximum absolute atomic E-state index is 10.9. The molecule has 1 saturated heterocycles. The van der Waals surface area contributed by atoms with Gasteiger partial charge < -0.3 is 14.9 Å². The first-order valence-electron chi connectivity index (χ1n) is 6.58. The Balaban J connectivity index is 1.66. The Bertz CT molecular complexity index is 653. The van der Waals surface area contributed by atoms with E-state index in [4.69, 9.17) is 16.7 Å². The van der Waals surface area contributed by atoms with E-state index in [9.17, 15) is 4.79 Å². The van der Waals surface area contributed by atoms with Crippen molar-refractivity contribution in [3.05, 3.63) is 40.4 Å². The topological polar surface area (TPSA) is 56.7 Å². The van der Waals surface area contributed by atoms with Crippen LogP contribution in [0.1, 0.15) is 9.67 Å². The van der Waals surface area contributed by atoms with Crippen molar-refractivity contribution in [1.29, 1.82) is 0 Å². The molecule has 0 atom stereocenters. The van der Waals surface area contributed by atoms with Crippen LogP contribution < -0.4 is 9.80 Å². The molecule has 0 spiro atoms. The fraction of sp³-hybridized carbons (Fsp3) is 0.286. The van der Waals surface area contributed by atoms with Crippen LogP contribution in [0, 0.1) is 0 Å². The lowest BCUT2D eigenvalue weighted by Crippen LogP contribution is -2.46. The number of hydrogen-bond acceptors (Lipinski definition) is 5. The van der Waals surface area contributed by atoms with Gasteiger partial charge in [-0.05, 0) is 18.2 Å². The van der Waals surface area contributed by atoms with Gasteiger partial charge in [-0.3, -0.25) is 0 Å². The molecule has 1 aromatic heterocycles. The molecule has 0 amide bonds. The minimum atomic E-state index is -0.920. The highest BCUT2D eigenvalue weighted by molar-refractivity contribution is 7.17. The first kappa shape index (κ1) is 14.2. The maximum Gasteiger partial charge on any atom is 0.347 e. The van der Waals surface area contributed by atoms with Crippen molar-refractivity contribution >= 4 is 39.7 Å². The summed E-state index contributed by atoms with van der Waals surface area (Å²) in [6, 6.07) is 7.82. The molecule has 1 aliphatic heterocycles. The Morgan fingerprint density at radius 1 is 1.24 bits per heavy atom. The lowest BCUT2D eigenvalue weighted by atomic mass is 10.2. The molecule has 3 rings (SSSR count). The second-order valence-corrected chi connectivity index (χ2v) is 6.21. The lowest BCUT2D eigenvalue weighted by Gasteiger charge is -2.36. The molecule has 1 aromatic carbocycles. The Labute approximate surface area is 131 Å². The van der Waals surface area contributed by atoms with Crippen LogP contribution >= 0.6 is 22.9 Å². The third-order valence-electron chi connectivity index (χ3n) is 3.43. The number of thiazole rings is 1. The van der Waals surface area contributed by atoms with Crippen molar-refractivity contribution < 1.29 is 9.90 Å². The standard InChI is InChI=1S/C14H14ClN3O2S/c15-10-2-1-3-11(8-10)17-4-6-18(7-5-17)14-16-9-12(21-14)13(19)20/h1-3,8-9H,4-7H2,(H,19,20). The zero-order chi connectivity index (χ0) is 14.8. The van der Waals surface area contributed by atoms with Crippen LogP contribution in [0.4, 0.5) is 10.8 Å². The largest absolute Gasteiger partial charge is 0.477 e. The number of carboxylic acids is 1. The summed E-state index contributed by atoms with van der Waals surface area (Å²) in [4.78, 5) is 19.8. The molecule has 0 bridgehead atoms. The SMILES string of the molecule is O=C(O)c1cnc(N2CCN(c3cccc(Cl)c3)CC2)s1. The summed E-state index contributed by atoms with van der Waals surface area (Å²) < 4.78 is 0. The molecule has 0 unspecified atom stereocenters. The number of benzene rings is 1. The zero-order valence-corrected chi connectivity index (χ0v) is 12.8. The van der Waals surface area contributed by atoms with Gasteiger partial charge in [0.05, 0.1) is 6.20 Å². The van der Waals surface area contributed by atoms with Crippen molar-refractivity contribution in [2.45, 2.75) is 0 Å². The molecule has 5 nitrogen and oxygen atoms in total. The number of piperazine rings is 1. The number of nitrogens with zero attached hydrogens (tertiary/aromatic N) is 3. The van der Waals surface area contributed by atoms with Crippen LogP contribution in [0.25, 0.3) is 0 Å². The number of aromatic carboxylic acids is 1. The number of hydrogen-bond donors (Lipinski definition) is 1. The highest BCUT2D eigenvalue weighted by atomic mass is 35.5. The third-order valence-corrected chi connectivity index (χ3v) is 4.71. The molecule has 21 heavy (non-hydrogen) atoms. The monoisotopic (exact) mass is 323 g/mol. The van der Waals surface area contributed by atoms with Gasteiger partial charge in [0.2, 0.25) is 0 Å². The predicted octanol–water partition coefficient (Wildman–Crippen LogP) is 2.82. The number of halogens is 1. The molecule has 0 saturated carbocycles. The van der Waals surface area contributed by atoms with Crippen molar-refractivity contribution in [1.82, 2.24) is 4.98 Å². The number of carboxylic acid groups (broad SMARTS) is 1.